The van der Waals surface area contributed by atoms with Crippen molar-refractivity contribution in [1.29, 1.82) is 0 Å². The van der Waals surface area contributed by atoms with E-state index in [1.165, 1.54) is 12.1 Å². The monoisotopic (exact) mass is 511 g/mol. The molecule has 0 heterocycles. The molecule has 1 aromatic rings. The van der Waals surface area contributed by atoms with Crippen LogP contribution >= 0.6 is 24.0 Å². The summed E-state index contributed by atoms with van der Waals surface area (Å²) in [5, 5.41) is 6.46. The Labute approximate surface area is 185 Å². The van der Waals surface area contributed by atoms with E-state index in [2.05, 4.69) is 22.5 Å². The molecule has 1 rings (SSSR count). The zero-order chi connectivity index (χ0) is 19.6. The molecule has 0 fully saturated rings. The minimum Gasteiger partial charge on any atom is -0.494 e. The van der Waals surface area contributed by atoms with E-state index < -0.39 is 0 Å². The first-order valence-corrected chi connectivity index (χ1v) is 9.74. The van der Waals surface area contributed by atoms with Gasteiger partial charge in [0.2, 0.25) is 0 Å². The number of rotatable bonds is 15. The van der Waals surface area contributed by atoms with Gasteiger partial charge in [-0.25, -0.2) is 4.39 Å². The third kappa shape index (κ3) is 14.9. The highest BCUT2D eigenvalue weighted by Crippen LogP contribution is 2.11. The second-order valence-corrected chi connectivity index (χ2v) is 6.01. The van der Waals surface area contributed by atoms with Crippen LogP contribution in [0.4, 0.5) is 4.39 Å². The van der Waals surface area contributed by atoms with Crippen molar-refractivity contribution in [2.45, 2.75) is 32.6 Å². The first-order chi connectivity index (χ1) is 13.3. The maximum Gasteiger partial charge on any atom is 0.191 e. The van der Waals surface area contributed by atoms with E-state index >= 15 is 0 Å². The van der Waals surface area contributed by atoms with Gasteiger partial charge in [-0.2, -0.15) is 0 Å². The first kappa shape index (κ1) is 26.9. The van der Waals surface area contributed by atoms with Crippen molar-refractivity contribution in [2.24, 2.45) is 4.99 Å². The Morgan fingerprint density at radius 3 is 2.25 bits per heavy atom. The fourth-order valence-electron chi connectivity index (χ4n) is 2.19. The number of nitrogens with one attached hydrogen (secondary N) is 2. The van der Waals surface area contributed by atoms with E-state index in [1.54, 1.807) is 19.2 Å². The largest absolute Gasteiger partial charge is 0.494 e. The molecule has 162 valence electrons. The number of halogens is 2. The highest BCUT2D eigenvalue weighted by molar-refractivity contribution is 14.0. The van der Waals surface area contributed by atoms with Crippen LogP contribution in [0.15, 0.2) is 29.3 Å². The van der Waals surface area contributed by atoms with Crippen LogP contribution in [-0.2, 0) is 9.47 Å². The van der Waals surface area contributed by atoms with Crippen LogP contribution in [0.3, 0.4) is 0 Å². The van der Waals surface area contributed by atoms with Gasteiger partial charge in [-0.05, 0) is 43.5 Å². The summed E-state index contributed by atoms with van der Waals surface area (Å²) in [7, 11) is 1.75. The molecule has 0 amide bonds. The molecule has 0 aliphatic heterocycles. The molecule has 0 aliphatic rings. The number of hydrogen-bond donors (Lipinski definition) is 2. The molecule has 0 atom stereocenters. The lowest BCUT2D eigenvalue weighted by Crippen LogP contribution is -2.39. The van der Waals surface area contributed by atoms with Crippen molar-refractivity contribution in [2.75, 3.05) is 53.2 Å². The van der Waals surface area contributed by atoms with E-state index in [4.69, 9.17) is 14.2 Å². The van der Waals surface area contributed by atoms with Crippen molar-refractivity contribution in [3.63, 3.8) is 0 Å². The summed E-state index contributed by atoms with van der Waals surface area (Å²) in [5.41, 5.74) is 0. The van der Waals surface area contributed by atoms with Gasteiger partial charge in [-0.3, -0.25) is 4.99 Å². The summed E-state index contributed by atoms with van der Waals surface area (Å²) in [5.74, 6) is 1.20. The number of guanidine groups is 1. The van der Waals surface area contributed by atoms with Gasteiger partial charge in [-0.1, -0.05) is 13.3 Å². The molecule has 0 aliphatic carbocycles. The number of benzene rings is 1. The van der Waals surface area contributed by atoms with Gasteiger partial charge in [-0.15, -0.1) is 24.0 Å². The zero-order valence-electron chi connectivity index (χ0n) is 17.0. The lowest BCUT2D eigenvalue weighted by Gasteiger charge is -2.12. The number of aliphatic imine (C=N–C) groups is 1. The van der Waals surface area contributed by atoms with Crippen LogP contribution in [0.25, 0.3) is 0 Å². The lowest BCUT2D eigenvalue weighted by atomic mass is 10.3. The fourth-order valence-corrected chi connectivity index (χ4v) is 2.19. The summed E-state index contributed by atoms with van der Waals surface area (Å²) in [6.07, 6.45) is 4.11. The Morgan fingerprint density at radius 1 is 0.893 bits per heavy atom. The molecule has 28 heavy (non-hydrogen) atoms. The second kappa shape index (κ2) is 19.2. The highest BCUT2D eigenvalue weighted by Gasteiger charge is 1.98. The van der Waals surface area contributed by atoms with Gasteiger partial charge >= 0.3 is 0 Å². The van der Waals surface area contributed by atoms with Crippen molar-refractivity contribution in [1.82, 2.24) is 10.6 Å². The standard InChI is InChI=1S/C20H34FN3O3.HI/c1-3-4-13-25-16-17-26-15-12-24-20(22-2)23-11-5-6-14-27-19-9-7-18(21)8-10-19;/h7-10H,3-6,11-17H2,1-2H3,(H2,22,23,24);1H. The number of unbranched alkanes of at least 4 members (excludes halogenated alkanes) is 2. The molecular weight excluding hydrogens is 476 g/mol. The van der Waals surface area contributed by atoms with Gasteiger partial charge in [0.1, 0.15) is 11.6 Å². The van der Waals surface area contributed by atoms with Crippen molar-refractivity contribution < 1.29 is 18.6 Å². The van der Waals surface area contributed by atoms with Gasteiger partial charge < -0.3 is 24.8 Å². The molecule has 0 unspecified atom stereocenters. The summed E-state index contributed by atoms with van der Waals surface area (Å²) >= 11 is 0. The Kier molecular flexibility index (Phi) is 18.4. The average Bonchev–Trinajstić information content (AvgIpc) is 2.69. The topological polar surface area (TPSA) is 64.1 Å². The molecule has 0 bridgehead atoms. The predicted molar refractivity (Wildman–Crippen MR) is 122 cm³/mol. The van der Waals surface area contributed by atoms with Gasteiger partial charge in [0.05, 0.1) is 26.4 Å². The molecule has 2 N–H and O–H groups in total. The van der Waals surface area contributed by atoms with Gasteiger partial charge in [0.15, 0.2) is 5.96 Å². The van der Waals surface area contributed by atoms with E-state index in [-0.39, 0.29) is 29.8 Å². The van der Waals surface area contributed by atoms with Gasteiger partial charge in [0.25, 0.3) is 0 Å². The minimum atomic E-state index is -0.254. The number of nitrogens with zero attached hydrogens (tertiary/aromatic N) is 1. The summed E-state index contributed by atoms with van der Waals surface area (Å²) in [6.45, 7) is 6.94. The van der Waals surface area contributed by atoms with E-state index in [9.17, 15) is 4.39 Å². The lowest BCUT2D eigenvalue weighted by molar-refractivity contribution is 0.0487. The number of hydrogen-bond acceptors (Lipinski definition) is 4. The summed E-state index contributed by atoms with van der Waals surface area (Å²) in [4.78, 5) is 4.18. The average molecular weight is 511 g/mol. The zero-order valence-corrected chi connectivity index (χ0v) is 19.4. The third-order valence-electron chi connectivity index (χ3n) is 3.72. The SMILES string of the molecule is CCCCOCCOCCNC(=NC)NCCCCOc1ccc(F)cc1.I. The third-order valence-corrected chi connectivity index (χ3v) is 3.72. The van der Waals surface area contributed by atoms with E-state index in [0.717, 1.165) is 44.8 Å². The Morgan fingerprint density at radius 2 is 1.57 bits per heavy atom. The smallest absolute Gasteiger partial charge is 0.191 e. The van der Waals surface area contributed by atoms with Crippen LogP contribution in [0.1, 0.15) is 32.6 Å². The van der Waals surface area contributed by atoms with Crippen LogP contribution in [0.2, 0.25) is 0 Å². The molecule has 0 spiro atoms. The van der Waals surface area contributed by atoms with Crippen molar-refractivity contribution >= 4 is 29.9 Å². The van der Waals surface area contributed by atoms with E-state index in [1.807, 2.05) is 0 Å². The molecule has 0 radical (unpaired) electrons. The summed E-state index contributed by atoms with van der Waals surface area (Å²) < 4.78 is 29.3. The van der Waals surface area contributed by atoms with Crippen molar-refractivity contribution in [3.8, 4) is 5.75 Å². The first-order valence-electron chi connectivity index (χ1n) is 9.74. The summed E-state index contributed by atoms with van der Waals surface area (Å²) in [6, 6.07) is 6.07. The maximum atomic E-state index is 12.8. The minimum absolute atomic E-state index is 0. The van der Waals surface area contributed by atoms with Crippen LogP contribution in [-0.4, -0.2) is 59.1 Å². The van der Waals surface area contributed by atoms with Crippen LogP contribution in [0, 0.1) is 5.82 Å². The molecule has 0 saturated carbocycles. The Hall–Kier alpha value is -1.13. The quantitative estimate of drug-likeness (QED) is 0.163. The van der Waals surface area contributed by atoms with Crippen LogP contribution < -0.4 is 15.4 Å². The predicted octanol–water partition coefficient (Wildman–Crippen LogP) is 3.60. The Bertz CT molecular complexity index is 504. The van der Waals surface area contributed by atoms with E-state index in [0.29, 0.717) is 38.7 Å². The molecule has 6 nitrogen and oxygen atoms in total. The number of ether oxygens (including phenoxy) is 3. The van der Waals surface area contributed by atoms with Crippen LogP contribution in [0.5, 0.6) is 5.75 Å². The maximum absolute atomic E-state index is 12.8. The molecule has 0 saturated heterocycles. The molecule has 1 aromatic carbocycles. The van der Waals surface area contributed by atoms with Gasteiger partial charge in [0, 0.05) is 26.7 Å². The highest BCUT2D eigenvalue weighted by atomic mass is 127. The Balaban J connectivity index is 0.00000729. The van der Waals surface area contributed by atoms with Crippen molar-refractivity contribution in [3.05, 3.63) is 30.1 Å². The molecule has 0 aromatic heterocycles. The molecular formula is C20H35FIN3O3. The normalized spacial score (nSPS) is 11.0. The fraction of sp³-hybridized carbons (Fsp3) is 0.650. The second-order valence-electron chi connectivity index (χ2n) is 6.01. The molecule has 8 heteroatoms.